The number of aromatic nitrogens is 1. The Morgan fingerprint density at radius 2 is 2.00 bits per heavy atom. The molecule has 0 spiro atoms. The van der Waals surface area contributed by atoms with E-state index in [9.17, 15) is 4.79 Å². The minimum absolute atomic E-state index is 0.159. The van der Waals surface area contributed by atoms with E-state index in [0.717, 1.165) is 10.6 Å². The molecule has 1 aromatic rings. The van der Waals surface area contributed by atoms with Gasteiger partial charge in [0, 0.05) is 12.8 Å². The molecule has 0 N–H and O–H groups in total. The van der Waals surface area contributed by atoms with Crippen LogP contribution >= 0.6 is 11.3 Å². The van der Waals surface area contributed by atoms with Gasteiger partial charge in [0.05, 0.1) is 15.6 Å². The molecule has 82 valence electrons. The van der Waals surface area contributed by atoms with Gasteiger partial charge in [-0.05, 0) is 19.8 Å². The summed E-state index contributed by atoms with van der Waals surface area (Å²) in [5.41, 5.74) is 0.924. The number of rotatable bonds is 2. The summed E-state index contributed by atoms with van der Waals surface area (Å²) in [6.07, 6.45) is 6.51. The largest absolute Gasteiger partial charge is 0.294 e. The van der Waals surface area contributed by atoms with Crippen LogP contribution < -0.4 is 0 Å². The first-order valence-corrected chi connectivity index (χ1v) is 6.48. The van der Waals surface area contributed by atoms with Gasteiger partial charge in [0.2, 0.25) is 0 Å². The molecule has 0 bridgehead atoms. The summed E-state index contributed by atoms with van der Waals surface area (Å²) in [5.74, 6) is 0.780. The van der Waals surface area contributed by atoms with Crippen molar-refractivity contribution in [2.24, 2.45) is 0 Å². The van der Waals surface area contributed by atoms with Crippen LogP contribution in [0.15, 0.2) is 0 Å². The Balaban J connectivity index is 2.21. The highest BCUT2D eigenvalue weighted by molar-refractivity contribution is 7.13. The van der Waals surface area contributed by atoms with Gasteiger partial charge in [-0.15, -0.1) is 11.3 Å². The molecule has 1 aromatic heterocycles. The van der Waals surface area contributed by atoms with Gasteiger partial charge < -0.3 is 0 Å². The number of hydrogen-bond donors (Lipinski definition) is 0. The fourth-order valence-corrected chi connectivity index (χ4v) is 3.40. The number of carbonyl (C=O) groups excluding carboxylic acids is 1. The molecule has 1 fully saturated rings. The molecule has 0 saturated heterocycles. The molecule has 2 nitrogen and oxygen atoms in total. The number of hydrogen-bond acceptors (Lipinski definition) is 3. The predicted octanol–water partition coefficient (Wildman–Crippen LogP) is 3.70. The van der Waals surface area contributed by atoms with Crippen molar-refractivity contribution in [1.82, 2.24) is 4.98 Å². The quantitative estimate of drug-likeness (QED) is 0.715. The molecule has 15 heavy (non-hydrogen) atoms. The van der Waals surface area contributed by atoms with E-state index >= 15 is 0 Å². The van der Waals surface area contributed by atoms with Crippen LogP contribution in [0.5, 0.6) is 0 Å². The smallest absolute Gasteiger partial charge is 0.171 e. The van der Waals surface area contributed by atoms with Crippen molar-refractivity contribution in [3.63, 3.8) is 0 Å². The molecular formula is C12H17NOS. The van der Waals surface area contributed by atoms with Crippen molar-refractivity contribution in [2.45, 2.75) is 51.9 Å². The second-order valence-corrected chi connectivity index (χ2v) is 5.39. The van der Waals surface area contributed by atoms with Gasteiger partial charge in [0.15, 0.2) is 5.78 Å². The zero-order valence-corrected chi connectivity index (χ0v) is 10.2. The average molecular weight is 223 g/mol. The first-order chi connectivity index (χ1) is 7.18. The lowest BCUT2D eigenvalue weighted by Crippen LogP contribution is -2.03. The number of aryl methyl sites for hydroxylation is 1. The normalized spacial score (nSPS) is 18.0. The van der Waals surface area contributed by atoms with Gasteiger partial charge in [0.25, 0.3) is 0 Å². The Hall–Kier alpha value is -0.700. The molecule has 1 heterocycles. The zero-order chi connectivity index (χ0) is 10.8. The Bertz CT molecular complexity index is 364. The highest BCUT2D eigenvalue weighted by atomic mass is 32.1. The van der Waals surface area contributed by atoms with Crippen molar-refractivity contribution in [3.8, 4) is 0 Å². The highest BCUT2D eigenvalue weighted by Gasteiger charge is 2.21. The van der Waals surface area contributed by atoms with Gasteiger partial charge in [0.1, 0.15) is 0 Å². The van der Waals surface area contributed by atoms with E-state index in [4.69, 9.17) is 0 Å². The third-order valence-electron chi connectivity index (χ3n) is 3.09. The summed E-state index contributed by atoms with van der Waals surface area (Å²) in [7, 11) is 0. The van der Waals surface area contributed by atoms with Crippen molar-refractivity contribution < 1.29 is 4.79 Å². The van der Waals surface area contributed by atoms with Crippen molar-refractivity contribution >= 4 is 17.1 Å². The van der Waals surface area contributed by atoms with E-state index in [1.54, 1.807) is 18.3 Å². The molecule has 1 aliphatic carbocycles. The lowest BCUT2D eigenvalue weighted by atomic mass is 9.90. The van der Waals surface area contributed by atoms with E-state index in [1.165, 1.54) is 37.1 Å². The third kappa shape index (κ3) is 2.28. The maximum Gasteiger partial charge on any atom is 0.171 e. The van der Waals surface area contributed by atoms with Crippen LogP contribution in [0.25, 0.3) is 0 Å². The Morgan fingerprint density at radius 1 is 1.33 bits per heavy atom. The molecule has 1 saturated carbocycles. The van der Waals surface area contributed by atoms with Crippen molar-refractivity contribution in [3.05, 3.63) is 15.6 Å². The Morgan fingerprint density at radius 3 is 2.53 bits per heavy atom. The van der Waals surface area contributed by atoms with Crippen LogP contribution in [0.2, 0.25) is 0 Å². The molecule has 0 aromatic carbocycles. The van der Waals surface area contributed by atoms with Crippen molar-refractivity contribution in [2.75, 3.05) is 0 Å². The topological polar surface area (TPSA) is 30.0 Å². The van der Waals surface area contributed by atoms with Crippen LogP contribution in [-0.4, -0.2) is 10.8 Å². The molecule has 0 unspecified atom stereocenters. The summed E-state index contributed by atoms with van der Waals surface area (Å²) >= 11 is 1.61. The lowest BCUT2D eigenvalue weighted by Gasteiger charge is -2.18. The number of carbonyl (C=O) groups is 1. The molecule has 0 aliphatic heterocycles. The summed E-state index contributed by atoms with van der Waals surface area (Å²) in [5, 5.41) is 1.19. The monoisotopic (exact) mass is 223 g/mol. The van der Waals surface area contributed by atoms with Crippen LogP contribution in [-0.2, 0) is 0 Å². The molecular weight excluding hydrogens is 206 g/mol. The summed E-state index contributed by atoms with van der Waals surface area (Å²) in [6.45, 7) is 3.57. The fourth-order valence-electron chi connectivity index (χ4n) is 2.27. The number of ketones is 1. The van der Waals surface area contributed by atoms with E-state index < -0.39 is 0 Å². The SMILES string of the molecule is CC(=O)c1sc(C2CCCCC2)nc1C. The molecule has 2 rings (SSSR count). The summed E-state index contributed by atoms with van der Waals surface area (Å²) in [6, 6.07) is 0. The van der Waals surface area contributed by atoms with Crippen LogP contribution in [0, 0.1) is 6.92 Å². The van der Waals surface area contributed by atoms with E-state index in [1.807, 2.05) is 6.92 Å². The fraction of sp³-hybridized carbons (Fsp3) is 0.667. The summed E-state index contributed by atoms with van der Waals surface area (Å²) in [4.78, 5) is 16.7. The zero-order valence-electron chi connectivity index (χ0n) is 9.38. The van der Waals surface area contributed by atoms with Crippen LogP contribution in [0.1, 0.15) is 65.3 Å². The molecule has 0 amide bonds. The third-order valence-corrected chi connectivity index (χ3v) is 4.51. The van der Waals surface area contributed by atoms with Gasteiger partial charge in [-0.3, -0.25) is 4.79 Å². The van der Waals surface area contributed by atoms with Gasteiger partial charge >= 0.3 is 0 Å². The Labute approximate surface area is 94.7 Å². The number of Topliss-reactive ketones (excluding diaryl/α,β-unsaturated/α-hetero) is 1. The highest BCUT2D eigenvalue weighted by Crippen LogP contribution is 2.35. The van der Waals surface area contributed by atoms with Gasteiger partial charge in [-0.25, -0.2) is 4.98 Å². The van der Waals surface area contributed by atoms with E-state index in [2.05, 4.69) is 4.98 Å². The van der Waals surface area contributed by atoms with Gasteiger partial charge in [-0.2, -0.15) is 0 Å². The maximum absolute atomic E-state index is 11.3. The van der Waals surface area contributed by atoms with Crippen LogP contribution in [0.3, 0.4) is 0 Å². The van der Waals surface area contributed by atoms with E-state index in [-0.39, 0.29) is 5.78 Å². The first-order valence-electron chi connectivity index (χ1n) is 5.66. The molecule has 3 heteroatoms. The number of nitrogens with zero attached hydrogens (tertiary/aromatic N) is 1. The summed E-state index contributed by atoms with van der Waals surface area (Å²) < 4.78 is 0. The average Bonchev–Trinajstić information content (AvgIpc) is 2.62. The molecule has 0 radical (unpaired) electrons. The van der Waals surface area contributed by atoms with Crippen LogP contribution in [0.4, 0.5) is 0 Å². The second-order valence-electron chi connectivity index (χ2n) is 4.36. The predicted molar refractivity (Wildman–Crippen MR) is 62.7 cm³/mol. The molecule has 1 aliphatic rings. The van der Waals surface area contributed by atoms with Crippen molar-refractivity contribution in [1.29, 1.82) is 0 Å². The van der Waals surface area contributed by atoms with Gasteiger partial charge in [-0.1, -0.05) is 19.3 Å². The lowest BCUT2D eigenvalue weighted by molar-refractivity contribution is 0.102. The molecule has 0 atom stereocenters. The second kappa shape index (κ2) is 4.44. The minimum atomic E-state index is 0.159. The van der Waals surface area contributed by atoms with E-state index in [0.29, 0.717) is 5.92 Å². The Kier molecular flexibility index (Phi) is 3.19. The first kappa shape index (κ1) is 10.8. The standard InChI is InChI=1S/C12H17NOS/c1-8-11(9(2)14)15-12(13-8)10-6-4-3-5-7-10/h10H,3-7H2,1-2H3. The maximum atomic E-state index is 11.3. The number of thiazole rings is 1. The minimum Gasteiger partial charge on any atom is -0.294 e.